The number of phenolic OH excluding ortho intramolecular Hbond substituents is 1. The molecule has 0 atom stereocenters. The Hall–Kier alpha value is -3.42. The van der Waals surface area contributed by atoms with Crippen LogP contribution < -0.4 is 5.43 Å². The van der Waals surface area contributed by atoms with Gasteiger partial charge in [-0.15, -0.1) is 0 Å². The van der Waals surface area contributed by atoms with Crippen LogP contribution in [0.5, 0.6) is 11.5 Å². The van der Waals surface area contributed by atoms with E-state index in [2.05, 4.69) is 0 Å². The zero-order valence-electron chi connectivity index (χ0n) is 12.2. The molecule has 3 rings (SSSR count). The molecule has 0 aliphatic carbocycles. The molecule has 0 saturated carbocycles. The van der Waals surface area contributed by atoms with E-state index in [9.17, 15) is 29.5 Å². The first kappa shape index (κ1) is 15.5. The lowest BCUT2D eigenvalue weighted by Gasteiger charge is -2.07. The summed E-state index contributed by atoms with van der Waals surface area (Å²) in [4.78, 5) is 22.8. The van der Waals surface area contributed by atoms with Crippen molar-refractivity contribution in [2.24, 2.45) is 0 Å². The first-order chi connectivity index (χ1) is 11.3. The highest BCUT2D eigenvalue weighted by Crippen LogP contribution is 2.35. The van der Waals surface area contributed by atoms with Gasteiger partial charge in [0.05, 0.1) is 10.3 Å². The summed E-state index contributed by atoms with van der Waals surface area (Å²) in [5, 5.41) is 30.3. The topological polar surface area (TPSA) is 114 Å². The maximum absolute atomic E-state index is 13.5. The molecule has 24 heavy (non-hydrogen) atoms. The van der Waals surface area contributed by atoms with Crippen molar-refractivity contribution in [3.63, 3.8) is 0 Å². The highest BCUT2D eigenvalue weighted by atomic mass is 19.1. The molecule has 0 spiro atoms. The number of nitro groups is 1. The van der Waals surface area contributed by atoms with E-state index in [0.717, 1.165) is 12.1 Å². The molecule has 0 aliphatic rings. The average Bonchev–Trinajstić information content (AvgIpc) is 2.53. The molecule has 2 aromatic carbocycles. The number of aryl methyl sites for hydroxylation is 1. The number of hydrogen-bond donors (Lipinski definition) is 2. The quantitative estimate of drug-likeness (QED) is 0.550. The minimum absolute atomic E-state index is 0.0447. The molecule has 0 fully saturated rings. The number of fused-ring (bicyclic) bond motifs is 1. The number of phenols is 1. The Morgan fingerprint density at radius 1 is 1.21 bits per heavy atom. The number of hydrogen-bond acceptors (Lipinski definition) is 6. The van der Waals surface area contributed by atoms with Gasteiger partial charge in [0.15, 0.2) is 17.3 Å². The maximum Gasteiger partial charge on any atom is 0.312 e. The average molecular weight is 331 g/mol. The largest absolute Gasteiger partial charge is 0.505 e. The Balaban J connectivity index is 2.42. The molecule has 0 unspecified atom stereocenters. The number of benzene rings is 2. The van der Waals surface area contributed by atoms with Crippen molar-refractivity contribution in [2.75, 3.05) is 0 Å². The van der Waals surface area contributed by atoms with Gasteiger partial charge in [0.1, 0.15) is 0 Å². The SMILES string of the molecule is Cc1cc([N+](=O)[O-])c2oc(-c3ccc(O)c(F)c3)c(O)c(=O)c2c1. The summed E-state index contributed by atoms with van der Waals surface area (Å²) in [7, 11) is 0. The van der Waals surface area contributed by atoms with Crippen LogP contribution in [0.3, 0.4) is 0 Å². The molecule has 1 aromatic heterocycles. The number of halogens is 1. The zero-order valence-corrected chi connectivity index (χ0v) is 12.2. The van der Waals surface area contributed by atoms with Gasteiger partial charge in [0, 0.05) is 11.6 Å². The first-order valence-corrected chi connectivity index (χ1v) is 6.73. The smallest absolute Gasteiger partial charge is 0.312 e. The monoisotopic (exact) mass is 331 g/mol. The second kappa shape index (κ2) is 5.34. The molecule has 0 bridgehead atoms. The summed E-state index contributed by atoms with van der Waals surface area (Å²) in [6, 6.07) is 5.65. The Morgan fingerprint density at radius 3 is 2.54 bits per heavy atom. The van der Waals surface area contributed by atoms with Crippen LogP contribution in [0.4, 0.5) is 10.1 Å². The number of non-ortho nitro benzene ring substituents is 1. The molecule has 8 heteroatoms. The fourth-order valence-electron chi connectivity index (χ4n) is 2.39. The van der Waals surface area contributed by atoms with Gasteiger partial charge in [-0.1, -0.05) is 0 Å². The number of rotatable bonds is 2. The molecule has 0 radical (unpaired) electrons. The summed E-state index contributed by atoms with van der Waals surface area (Å²) >= 11 is 0. The van der Waals surface area contributed by atoms with E-state index in [1.54, 1.807) is 6.92 Å². The maximum atomic E-state index is 13.5. The van der Waals surface area contributed by atoms with Crippen molar-refractivity contribution in [2.45, 2.75) is 6.92 Å². The lowest BCUT2D eigenvalue weighted by Crippen LogP contribution is -2.05. The predicted octanol–water partition coefficient (Wildman–Crippen LogP) is 3.23. The van der Waals surface area contributed by atoms with E-state index in [4.69, 9.17) is 4.42 Å². The fraction of sp³-hybridized carbons (Fsp3) is 0.0625. The Morgan fingerprint density at radius 2 is 1.92 bits per heavy atom. The van der Waals surface area contributed by atoms with Crippen LogP contribution in [0.25, 0.3) is 22.3 Å². The summed E-state index contributed by atoms with van der Waals surface area (Å²) in [6.07, 6.45) is 0. The van der Waals surface area contributed by atoms with Crippen LogP contribution >= 0.6 is 0 Å². The number of nitro benzene ring substituents is 1. The van der Waals surface area contributed by atoms with Gasteiger partial charge in [-0.3, -0.25) is 14.9 Å². The van der Waals surface area contributed by atoms with Gasteiger partial charge in [0.25, 0.3) is 0 Å². The molecule has 2 N–H and O–H groups in total. The minimum Gasteiger partial charge on any atom is -0.505 e. The third kappa shape index (κ3) is 2.34. The van der Waals surface area contributed by atoms with Crippen LogP contribution in [0.1, 0.15) is 5.56 Å². The van der Waals surface area contributed by atoms with Crippen molar-refractivity contribution in [3.05, 3.63) is 62.1 Å². The van der Waals surface area contributed by atoms with E-state index >= 15 is 0 Å². The third-order valence-corrected chi connectivity index (χ3v) is 3.50. The lowest BCUT2D eigenvalue weighted by atomic mass is 10.1. The van der Waals surface area contributed by atoms with Crippen molar-refractivity contribution >= 4 is 16.7 Å². The van der Waals surface area contributed by atoms with Crippen molar-refractivity contribution < 1.29 is 23.9 Å². The predicted molar refractivity (Wildman–Crippen MR) is 82.6 cm³/mol. The molecule has 0 saturated heterocycles. The van der Waals surface area contributed by atoms with Crippen molar-refractivity contribution in [1.82, 2.24) is 0 Å². The second-order valence-electron chi connectivity index (χ2n) is 5.19. The molecule has 3 aromatic rings. The van der Waals surface area contributed by atoms with E-state index in [0.29, 0.717) is 5.56 Å². The first-order valence-electron chi connectivity index (χ1n) is 6.73. The van der Waals surface area contributed by atoms with Gasteiger partial charge >= 0.3 is 5.69 Å². The number of aromatic hydroxyl groups is 2. The molecule has 0 aliphatic heterocycles. The van der Waals surface area contributed by atoms with E-state index in [1.807, 2.05) is 0 Å². The van der Waals surface area contributed by atoms with Crippen LogP contribution in [-0.2, 0) is 0 Å². The van der Waals surface area contributed by atoms with E-state index in [-0.39, 0.29) is 16.5 Å². The molecule has 0 amide bonds. The summed E-state index contributed by atoms with van der Waals surface area (Å²) < 4.78 is 18.9. The second-order valence-corrected chi connectivity index (χ2v) is 5.19. The van der Waals surface area contributed by atoms with Gasteiger partial charge < -0.3 is 14.6 Å². The minimum atomic E-state index is -0.993. The normalized spacial score (nSPS) is 10.9. The van der Waals surface area contributed by atoms with E-state index < -0.39 is 39.1 Å². The van der Waals surface area contributed by atoms with Crippen LogP contribution in [0.2, 0.25) is 0 Å². The highest BCUT2D eigenvalue weighted by molar-refractivity contribution is 5.89. The standard InChI is InChI=1S/C16H10FNO6/c1-7-4-9-13(20)14(21)15(8-2-3-12(19)10(17)6-8)24-16(9)11(5-7)18(22)23/h2-6,19,21H,1H3. The fourth-order valence-corrected chi connectivity index (χ4v) is 2.39. The van der Waals surface area contributed by atoms with Crippen LogP contribution in [-0.4, -0.2) is 15.1 Å². The van der Waals surface area contributed by atoms with Gasteiger partial charge in [-0.25, -0.2) is 4.39 Å². The Bertz CT molecular complexity index is 1060. The van der Waals surface area contributed by atoms with Gasteiger partial charge in [0.2, 0.25) is 16.8 Å². The van der Waals surface area contributed by atoms with Gasteiger partial charge in [-0.05, 0) is 36.8 Å². The molecule has 1 heterocycles. The lowest BCUT2D eigenvalue weighted by molar-refractivity contribution is -0.383. The molecule has 7 nitrogen and oxygen atoms in total. The van der Waals surface area contributed by atoms with Gasteiger partial charge in [-0.2, -0.15) is 0 Å². The zero-order chi connectivity index (χ0) is 17.6. The van der Waals surface area contributed by atoms with Crippen LogP contribution in [0.15, 0.2) is 39.5 Å². The molecular formula is C16H10FNO6. The molecular weight excluding hydrogens is 321 g/mol. The van der Waals surface area contributed by atoms with Crippen molar-refractivity contribution in [3.8, 4) is 22.8 Å². The number of nitrogens with zero attached hydrogens (tertiary/aromatic N) is 1. The third-order valence-electron chi connectivity index (χ3n) is 3.50. The van der Waals surface area contributed by atoms with Crippen LogP contribution in [0, 0.1) is 22.9 Å². The summed E-state index contributed by atoms with van der Waals surface area (Å²) in [5.41, 5.74) is -1.23. The highest BCUT2D eigenvalue weighted by Gasteiger charge is 2.23. The Labute approximate surface area is 133 Å². The summed E-state index contributed by atoms with van der Waals surface area (Å²) in [6.45, 7) is 1.56. The van der Waals surface area contributed by atoms with Crippen molar-refractivity contribution in [1.29, 1.82) is 0 Å². The molecule has 122 valence electrons. The Kier molecular flexibility index (Phi) is 3.44. The summed E-state index contributed by atoms with van der Waals surface area (Å²) in [5.74, 6) is -2.83. The van der Waals surface area contributed by atoms with E-state index in [1.165, 1.54) is 18.2 Å².